The van der Waals surface area contributed by atoms with Crippen LogP contribution in [-0.2, 0) is 17.6 Å². The summed E-state index contributed by atoms with van der Waals surface area (Å²) in [5, 5.41) is 10.1. The van der Waals surface area contributed by atoms with Gasteiger partial charge >= 0.3 is 0 Å². The molecule has 2 aliphatic carbocycles. The summed E-state index contributed by atoms with van der Waals surface area (Å²) >= 11 is 0. The van der Waals surface area contributed by atoms with E-state index >= 15 is 0 Å². The van der Waals surface area contributed by atoms with Crippen LogP contribution in [0.4, 0.5) is 0 Å². The van der Waals surface area contributed by atoms with Crippen molar-refractivity contribution < 1.29 is 14.1 Å². The number of hydrogen-bond acceptors (Lipinski definition) is 4. The van der Waals surface area contributed by atoms with Gasteiger partial charge in [0.2, 0.25) is 5.91 Å². The lowest BCUT2D eigenvalue weighted by atomic mass is 9.91. The summed E-state index contributed by atoms with van der Waals surface area (Å²) in [6, 6.07) is 0.316. The van der Waals surface area contributed by atoms with Gasteiger partial charge in [-0.15, -0.1) is 0 Å². The summed E-state index contributed by atoms with van der Waals surface area (Å²) in [6.45, 7) is 4.06. The minimum atomic E-state index is -0.138. The third-order valence-electron chi connectivity index (χ3n) is 4.90. The van der Waals surface area contributed by atoms with Gasteiger partial charge in [0.1, 0.15) is 5.76 Å². The van der Waals surface area contributed by atoms with Crippen LogP contribution in [0.25, 0.3) is 0 Å². The fraction of sp³-hybridized carbons (Fsp3) is 0.722. The first-order chi connectivity index (χ1) is 11.5. The molecule has 2 aliphatic rings. The molecule has 2 N–H and O–H groups in total. The summed E-state index contributed by atoms with van der Waals surface area (Å²) in [7, 11) is 0. The molecule has 3 rings (SSSR count). The Labute approximate surface area is 142 Å². The second kappa shape index (κ2) is 7.36. The summed E-state index contributed by atoms with van der Waals surface area (Å²) in [5.74, 6) is 1.07. The number of nitrogens with zero attached hydrogens (tertiary/aromatic N) is 1. The number of rotatable bonds is 5. The molecular weight excluding hydrogens is 306 g/mol. The third-order valence-corrected chi connectivity index (χ3v) is 4.90. The van der Waals surface area contributed by atoms with E-state index in [0.29, 0.717) is 30.9 Å². The fourth-order valence-electron chi connectivity index (χ4n) is 3.69. The number of nitrogens with one attached hydrogen (secondary N) is 2. The van der Waals surface area contributed by atoms with Crippen molar-refractivity contribution in [3.63, 3.8) is 0 Å². The van der Waals surface area contributed by atoms with Crippen molar-refractivity contribution in [1.82, 2.24) is 15.8 Å². The lowest BCUT2D eigenvalue weighted by Crippen LogP contribution is -2.40. The summed E-state index contributed by atoms with van der Waals surface area (Å²) in [4.78, 5) is 24.5. The Kier molecular flexibility index (Phi) is 5.21. The topological polar surface area (TPSA) is 84.2 Å². The first-order valence-electron chi connectivity index (χ1n) is 9.10. The molecule has 0 spiro atoms. The van der Waals surface area contributed by atoms with E-state index in [1.807, 2.05) is 13.8 Å². The van der Waals surface area contributed by atoms with Crippen molar-refractivity contribution in [2.75, 3.05) is 0 Å². The van der Waals surface area contributed by atoms with Crippen molar-refractivity contribution in [3.8, 4) is 0 Å². The highest BCUT2D eigenvalue weighted by Crippen LogP contribution is 2.26. The molecule has 2 amide bonds. The zero-order valence-corrected chi connectivity index (χ0v) is 14.6. The minimum Gasteiger partial charge on any atom is -0.360 e. The molecule has 1 aromatic rings. The van der Waals surface area contributed by atoms with Crippen molar-refractivity contribution in [1.29, 1.82) is 0 Å². The van der Waals surface area contributed by atoms with E-state index in [-0.39, 0.29) is 23.9 Å². The molecule has 1 atom stereocenters. The Morgan fingerprint density at radius 2 is 1.92 bits per heavy atom. The van der Waals surface area contributed by atoms with Gasteiger partial charge in [0, 0.05) is 30.5 Å². The van der Waals surface area contributed by atoms with Gasteiger partial charge in [-0.1, -0.05) is 31.8 Å². The molecule has 0 saturated heterocycles. The Balaban J connectivity index is 1.63. The standard InChI is InChI=1S/C18H27N3O3/c1-11(2)9-16(22)19-13-7-8-15-14(10-13)17(21-24-15)18(23)20-12-5-3-4-6-12/h11-13H,3-10H2,1-2H3,(H,19,22)(H,20,23). The zero-order chi connectivity index (χ0) is 17.1. The van der Waals surface area contributed by atoms with Crippen LogP contribution in [-0.4, -0.2) is 29.1 Å². The van der Waals surface area contributed by atoms with Crippen LogP contribution in [0.15, 0.2) is 4.52 Å². The highest BCUT2D eigenvalue weighted by molar-refractivity contribution is 5.94. The second-order valence-corrected chi connectivity index (χ2v) is 7.49. The van der Waals surface area contributed by atoms with Crippen molar-refractivity contribution in [2.45, 2.75) is 77.3 Å². The molecule has 1 unspecified atom stereocenters. The number of hydrogen-bond donors (Lipinski definition) is 2. The SMILES string of the molecule is CC(C)CC(=O)NC1CCc2onc(C(=O)NC3CCCC3)c2C1. The van der Waals surface area contributed by atoms with Crippen LogP contribution >= 0.6 is 0 Å². The predicted octanol–water partition coefficient (Wildman–Crippen LogP) is 2.37. The van der Waals surface area contributed by atoms with E-state index in [1.165, 1.54) is 12.8 Å². The lowest BCUT2D eigenvalue weighted by molar-refractivity contribution is -0.122. The maximum absolute atomic E-state index is 12.5. The lowest BCUT2D eigenvalue weighted by Gasteiger charge is -2.23. The molecule has 0 bridgehead atoms. The van der Waals surface area contributed by atoms with E-state index < -0.39 is 0 Å². The quantitative estimate of drug-likeness (QED) is 0.866. The summed E-state index contributed by atoms with van der Waals surface area (Å²) in [5.41, 5.74) is 1.27. The first kappa shape index (κ1) is 17.0. The van der Waals surface area contributed by atoms with Crippen molar-refractivity contribution in [3.05, 3.63) is 17.0 Å². The molecule has 6 heteroatoms. The Bertz CT molecular complexity index is 603. The number of aryl methyl sites for hydroxylation is 1. The van der Waals surface area contributed by atoms with Gasteiger partial charge in [0.25, 0.3) is 5.91 Å². The summed E-state index contributed by atoms with van der Waals surface area (Å²) in [6.07, 6.45) is 7.12. The maximum Gasteiger partial charge on any atom is 0.273 e. The fourth-order valence-corrected chi connectivity index (χ4v) is 3.69. The number of carbonyl (C=O) groups excluding carboxylic acids is 2. The Morgan fingerprint density at radius 3 is 2.62 bits per heavy atom. The van der Waals surface area contributed by atoms with Gasteiger partial charge in [0.05, 0.1) is 0 Å². The monoisotopic (exact) mass is 333 g/mol. The maximum atomic E-state index is 12.5. The molecule has 24 heavy (non-hydrogen) atoms. The van der Waals surface area contributed by atoms with Gasteiger partial charge in [-0.3, -0.25) is 9.59 Å². The van der Waals surface area contributed by atoms with Crippen LogP contribution < -0.4 is 10.6 Å². The molecule has 0 radical (unpaired) electrons. The van der Waals surface area contributed by atoms with Crippen molar-refractivity contribution >= 4 is 11.8 Å². The van der Waals surface area contributed by atoms with E-state index in [2.05, 4.69) is 15.8 Å². The Morgan fingerprint density at radius 1 is 1.17 bits per heavy atom. The van der Waals surface area contributed by atoms with Gasteiger partial charge < -0.3 is 15.2 Å². The molecule has 0 aliphatic heterocycles. The molecule has 1 heterocycles. The zero-order valence-electron chi connectivity index (χ0n) is 14.6. The largest absolute Gasteiger partial charge is 0.360 e. The predicted molar refractivity (Wildman–Crippen MR) is 89.6 cm³/mol. The average molecular weight is 333 g/mol. The van der Waals surface area contributed by atoms with E-state index in [9.17, 15) is 9.59 Å². The van der Waals surface area contributed by atoms with Crippen molar-refractivity contribution in [2.24, 2.45) is 5.92 Å². The first-order valence-corrected chi connectivity index (χ1v) is 9.10. The van der Waals surface area contributed by atoms with Crippen LogP contribution in [0.3, 0.4) is 0 Å². The highest BCUT2D eigenvalue weighted by Gasteiger charge is 2.30. The molecule has 1 aromatic heterocycles. The van der Waals surface area contributed by atoms with E-state index in [0.717, 1.165) is 30.6 Å². The minimum absolute atomic E-state index is 0.0566. The van der Waals surface area contributed by atoms with Crippen LogP contribution in [0, 0.1) is 5.92 Å². The number of carbonyl (C=O) groups is 2. The van der Waals surface area contributed by atoms with Gasteiger partial charge in [0.15, 0.2) is 5.69 Å². The van der Waals surface area contributed by atoms with Crippen LogP contribution in [0.2, 0.25) is 0 Å². The molecule has 1 saturated carbocycles. The third kappa shape index (κ3) is 3.97. The molecular formula is C18H27N3O3. The molecule has 1 fully saturated rings. The van der Waals surface area contributed by atoms with E-state index in [4.69, 9.17) is 4.52 Å². The number of amides is 2. The number of fused-ring (bicyclic) bond motifs is 1. The van der Waals surface area contributed by atoms with Gasteiger partial charge in [-0.05, 0) is 31.6 Å². The number of aromatic nitrogens is 1. The van der Waals surface area contributed by atoms with Gasteiger partial charge in [-0.25, -0.2) is 0 Å². The smallest absolute Gasteiger partial charge is 0.273 e. The average Bonchev–Trinajstić information content (AvgIpc) is 3.15. The van der Waals surface area contributed by atoms with E-state index in [1.54, 1.807) is 0 Å². The Hall–Kier alpha value is -1.85. The molecule has 0 aromatic carbocycles. The normalized spacial score (nSPS) is 20.9. The van der Waals surface area contributed by atoms with Crippen LogP contribution in [0.1, 0.15) is 74.2 Å². The second-order valence-electron chi connectivity index (χ2n) is 7.49. The molecule has 132 valence electrons. The summed E-state index contributed by atoms with van der Waals surface area (Å²) < 4.78 is 5.37. The van der Waals surface area contributed by atoms with Gasteiger partial charge in [-0.2, -0.15) is 0 Å². The molecule has 6 nitrogen and oxygen atoms in total. The highest BCUT2D eigenvalue weighted by atomic mass is 16.5. The van der Waals surface area contributed by atoms with Crippen LogP contribution in [0.5, 0.6) is 0 Å².